The second kappa shape index (κ2) is 8.68. The largest absolute Gasteiger partial charge is 0.385 e. The normalized spacial score (nSPS) is 14.7. The van der Waals surface area contributed by atoms with Gasteiger partial charge in [-0.05, 0) is 19.9 Å². The van der Waals surface area contributed by atoms with Crippen LogP contribution in [0, 0.1) is 5.92 Å². The Balaban J connectivity index is 3.70. The third-order valence-electron chi connectivity index (χ3n) is 2.29. The Labute approximate surface area is 92.8 Å². The van der Waals surface area contributed by atoms with E-state index in [1.807, 2.05) is 20.8 Å². The topological polar surface area (TPSA) is 50.4 Å². The molecule has 0 heterocycles. The Morgan fingerprint density at radius 1 is 1.40 bits per heavy atom. The summed E-state index contributed by atoms with van der Waals surface area (Å²) in [7, 11) is 1.67. The van der Waals surface area contributed by atoms with Gasteiger partial charge in [-0.15, -0.1) is 0 Å². The van der Waals surface area contributed by atoms with Crippen LogP contribution in [0.1, 0.15) is 27.2 Å². The molecule has 2 unspecified atom stereocenters. The van der Waals surface area contributed by atoms with Crippen molar-refractivity contribution in [1.29, 1.82) is 0 Å². The van der Waals surface area contributed by atoms with E-state index in [2.05, 4.69) is 10.6 Å². The Morgan fingerprint density at radius 3 is 2.60 bits per heavy atom. The van der Waals surface area contributed by atoms with Gasteiger partial charge in [0, 0.05) is 32.2 Å². The van der Waals surface area contributed by atoms with E-state index in [0.29, 0.717) is 6.61 Å². The molecule has 4 nitrogen and oxygen atoms in total. The van der Waals surface area contributed by atoms with Gasteiger partial charge in [0.15, 0.2) is 0 Å². The third kappa shape index (κ3) is 7.33. The Bertz CT molecular complexity index is 174. The number of hydrogen-bond acceptors (Lipinski definition) is 3. The minimum atomic E-state index is 0.0231. The molecule has 0 aliphatic carbocycles. The van der Waals surface area contributed by atoms with Crippen LogP contribution in [0.5, 0.6) is 0 Å². The number of amides is 1. The van der Waals surface area contributed by atoms with Crippen LogP contribution in [-0.2, 0) is 9.53 Å². The van der Waals surface area contributed by atoms with Gasteiger partial charge < -0.3 is 15.4 Å². The summed E-state index contributed by atoms with van der Waals surface area (Å²) in [5.74, 6) is 0.134. The summed E-state index contributed by atoms with van der Waals surface area (Å²) in [4.78, 5) is 11.6. The highest BCUT2D eigenvalue weighted by molar-refractivity contribution is 5.78. The quantitative estimate of drug-likeness (QED) is 0.630. The van der Waals surface area contributed by atoms with Crippen LogP contribution in [0.15, 0.2) is 0 Å². The second-order valence-corrected chi connectivity index (χ2v) is 3.90. The summed E-state index contributed by atoms with van der Waals surface area (Å²) in [6, 6.07) is 0.182. The van der Waals surface area contributed by atoms with Gasteiger partial charge in [-0.25, -0.2) is 0 Å². The van der Waals surface area contributed by atoms with E-state index in [1.54, 1.807) is 7.11 Å². The first-order valence-corrected chi connectivity index (χ1v) is 5.61. The molecule has 4 heteroatoms. The average Bonchev–Trinajstić information content (AvgIpc) is 2.22. The first kappa shape index (κ1) is 14.4. The number of methoxy groups -OCH3 is 1. The molecule has 0 spiro atoms. The third-order valence-corrected chi connectivity index (χ3v) is 2.29. The molecule has 90 valence electrons. The maximum atomic E-state index is 11.6. The number of carbonyl (C=O) groups excluding carboxylic acids is 1. The van der Waals surface area contributed by atoms with E-state index < -0.39 is 0 Å². The van der Waals surface area contributed by atoms with Gasteiger partial charge in [0.25, 0.3) is 0 Å². The fourth-order valence-electron chi connectivity index (χ4n) is 1.21. The number of hydrogen-bond donors (Lipinski definition) is 2. The van der Waals surface area contributed by atoms with Crippen LogP contribution in [0.3, 0.4) is 0 Å². The lowest BCUT2D eigenvalue weighted by atomic mass is 10.1. The standard InChI is InChI=1S/C11H24N2O2/c1-5-12-8-9(2)11(14)13-10(3)6-7-15-4/h9-10,12H,5-8H2,1-4H3,(H,13,14). The first-order valence-electron chi connectivity index (χ1n) is 5.61. The maximum Gasteiger partial charge on any atom is 0.224 e. The zero-order valence-corrected chi connectivity index (χ0v) is 10.3. The molecule has 1 amide bonds. The molecule has 2 atom stereocenters. The Morgan fingerprint density at radius 2 is 2.07 bits per heavy atom. The predicted octanol–water partition coefficient (Wildman–Crippen LogP) is 0.773. The lowest BCUT2D eigenvalue weighted by Crippen LogP contribution is -2.40. The van der Waals surface area contributed by atoms with Crippen molar-refractivity contribution < 1.29 is 9.53 Å². The van der Waals surface area contributed by atoms with Crippen molar-refractivity contribution in [3.8, 4) is 0 Å². The molecule has 0 radical (unpaired) electrons. The summed E-state index contributed by atoms with van der Waals surface area (Å²) in [6.07, 6.45) is 0.857. The molecule has 0 aromatic heterocycles. The fraction of sp³-hybridized carbons (Fsp3) is 0.909. The zero-order valence-electron chi connectivity index (χ0n) is 10.3. The molecule has 0 aromatic carbocycles. The molecule has 0 saturated heterocycles. The van der Waals surface area contributed by atoms with Crippen LogP contribution >= 0.6 is 0 Å². The van der Waals surface area contributed by atoms with Crippen molar-refractivity contribution in [2.24, 2.45) is 5.92 Å². The summed E-state index contributed by atoms with van der Waals surface area (Å²) in [5, 5.41) is 6.12. The van der Waals surface area contributed by atoms with Crippen molar-refractivity contribution in [2.45, 2.75) is 33.2 Å². The molecule has 0 fully saturated rings. The van der Waals surface area contributed by atoms with Crippen molar-refractivity contribution in [3.63, 3.8) is 0 Å². The van der Waals surface area contributed by atoms with E-state index in [1.165, 1.54) is 0 Å². The van der Waals surface area contributed by atoms with Crippen LogP contribution in [-0.4, -0.2) is 38.8 Å². The second-order valence-electron chi connectivity index (χ2n) is 3.90. The van der Waals surface area contributed by atoms with Gasteiger partial charge in [0.1, 0.15) is 0 Å². The molecular formula is C11H24N2O2. The lowest BCUT2D eigenvalue weighted by Gasteiger charge is -2.17. The van der Waals surface area contributed by atoms with E-state index in [0.717, 1.165) is 19.5 Å². The van der Waals surface area contributed by atoms with Gasteiger partial charge in [0.2, 0.25) is 5.91 Å². The van der Waals surface area contributed by atoms with Crippen LogP contribution < -0.4 is 10.6 Å². The Kier molecular flexibility index (Phi) is 8.33. The fourth-order valence-corrected chi connectivity index (χ4v) is 1.21. The molecule has 0 saturated carbocycles. The average molecular weight is 216 g/mol. The zero-order chi connectivity index (χ0) is 11.7. The summed E-state index contributed by atoms with van der Waals surface area (Å²) in [5.41, 5.74) is 0. The minimum absolute atomic E-state index is 0.0231. The highest BCUT2D eigenvalue weighted by Crippen LogP contribution is 1.96. The van der Waals surface area contributed by atoms with E-state index in [-0.39, 0.29) is 17.9 Å². The molecular weight excluding hydrogens is 192 g/mol. The smallest absolute Gasteiger partial charge is 0.224 e. The predicted molar refractivity (Wildman–Crippen MR) is 61.8 cm³/mol. The SMILES string of the molecule is CCNCC(C)C(=O)NC(C)CCOC. The van der Waals surface area contributed by atoms with Gasteiger partial charge in [-0.3, -0.25) is 4.79 Å². The first-order chi connectivity index (χ1) is 7.11. The van der Waals surface area contributed by atoms with Gasteiger partial charge in [-0.2, -0.15) is 0 Å². The van der Waals surface area contributed by atoms with Crippen LogP contribution in [0.2, 0.25) is 0 Å². The van der Waals surface area contributed by atoms with Crippen molar-refractivity contribution in [1.82, 2.24) is 10.6 Å². The maximum absolute atomic E-state index is 11.6. The van der Waals surface area contributed by atoms with Crippen LogP contribution in [0.25, 0.3) is 0 Å². The number of ether oxygens (including phenoxy) is 1. The molecule has 0 aromatic rings. The highest BCUT2D eigenvalue weighted by Gasteiger charge is 2.14. The Hall–Kier alpha value is -0.610. The number of carbonyl (C=O) groups is 1. The molecule has 0 aliphatic rings. The van der Waals surface area contributed by atoms with E-state index in [4.69, 9.17) is 4.74 Å². The van der Waals surface area contributed by atoms with Crippen molar-refractivity contribution >= 4 is 5.91 Å². The number of rotatable bonds is 8. The van der Waals surface area contributed by atoms with Crippen molar-refractivity contribution in [3.05, 3.63) is 0 Å². The van der Waals surface area contributed by atoms with Gasteiger partial charge >= 0.3 is 0 Å². The highest BCUT2D eigenvalue weighted by atomic mass is 16.5. The van der Waals surface area contributed by atoms with E-state index in [9.17, 15) is 4.79 Å². The van der Waals surface area contributed by atoms with Gasteiger partial charge in [0.05, 0.1) is 0 Å². The summed E-state index contributed by atoms with van der Waals surface area (Å²) >= 11 is 0. The lowest BCUT2D eigenvalue weighted by molar-refractivity contribution is -0.125. The molecule has 2 N–H and O–H groups in total. The van der Waals surface area contributed by atoms with E-state index >= 15 is 0 Å². The molecule has 0 bridgehead atoms. The van der Waals surface area contributed by atoms with Gasteiger partial charge in [-0.1, -0.05) is 13.8 Å². The molecule has 0 rings (SSSR count). The monoisotopic (exact) mass is 216 g/mol. The van der Waals surface area contributed by atoms with Crippen LogP contribution in [0.4, 0.5) is 0 Å². The van der Waals surface area contributed by atoms with Crippen molar-refractivity contribution in [2.75, 3.05) is 26.8 Å². The molecule has 0 aliphatic heterocycles. The number of nitrogens with one attached hydrogen (secondary N) is 2. The molecule has 15 heavy (non-hydrogen) atoms. The summed E-state index contributed by atoms with van der Waals surface area (Å²) < 4.78 is 4.96. The summed E-state index contributed by atoms with van der Waals surface area (Å²) in [6.45, 7) is 8.28. The minimum Gasteiger partial charge on any atom is -0.385 e.